The molecule has 0 aliphatic heterocycles. The number of halogens is 1. The number of para-hydroxylation sites is 1. The van der Waals surface area contributed by atoms with Gasteiger partial charge in [0.25, 0.3) is 5.91 Å². The van der Waals surface area contributed by atoms with E-state index in [9.17, 15) is 13.2 Å². The summed E-state index contributed by atoms with van der Waals surface area (Å²) in [5.74, 6) is -0.370. The Hall–Kier alpha value is -2.72. The van der Waals surface area contributed by atoms with Gasteiger partial charge in [0.1, 0.15) is 9.73 Å². The van der Waals surface area contributed by atoms with Crippen LogP contribution in [-0.4, -0.2) is 42.5 Å². The Morgan fingerprint density at radius 2 is 1.84 bits per heavy atom. The number of nitrogens with zero attached hydrogens (tertiary/aromatic N) is 3. The molecule has 0 unspecified atom stereocenters. The van der Waals surface area contributed by atoms with E-state index in [1.807, 2.05) is 35.9 Å². The first kappa shape index (κ1) is 22.5. The number of anilines is 1. The Labute approximate surface area is 195 Å². The first-order valence-corrected chi connectivity index (χ1v) is 12.3. The Morgan fingerprint density at radius 3 is 2.53 bits per heavy atom. The summed E-state index contributed by atoms with van der Waals surface area (Å²) < 4.78 is 28.2. The number of aromatic nitrogens is 2. The first-order valence-electron chi connectivity index (χ1n) is 9.71. The van der Waals surface area contributed by atoms with Crippen molar-refractivity contribution < 1.29 is 13.2 Å². The molecule has 7 nitrogen and oxygen atoms in total. The van der Waals surface area contributed by atoms with E-state index in [0.717, 1.165) is 25.8 Å². The van der Waals surface area contributed by atoms with Gasteiger partial charge in [-0.1, -0.05) is 35.9 Å². The maximum Gasteiger partial charge on any atom is 0.265 e. The molecule has 0 spiro atoms. The number of sulfonamides is 1. The molecule has 0 aliphatic carbocycles. The van der Waals surface area contributed by atoms with Crippen LogP contribution < -0.4 is 5.32 Å². The van der Waals surface area contributed by atoms with Gasteiger partial charge < -0.3 is 5.32 Å². The van der Waals surface area contributed by atoms with Crippen molar-refractivity contribution in [2.24, 2.45) is 0 Å². The van der Waals surface area contributed by atoms with Crippen LogP contribution in [0.15, 0.2) is 59.5 Å². The van der Waals surface area contributed by atoms with Crippen LogP contribution >= 0.6 is 22.9 Å². The number of aryl methyl sites for hydroxylation is 1. The molecule has 0 saturated carbocycles. The second kappa shape index (κ2) is 8.67. The average molecular weight is 489 g/mol. The molecule has 0 atom stereocenters. The molecule has 1 amide bonds. The highest BCUT2D eigenvalue weighted by molar-refractivity contribution is 7.89. The molecular formula is C22H21ClN4O3S2. The van der Waals surface area contributed by atoms with Crippen molar-refractivity contribution in [3.63, 3.8) is 0 Å². The summed E-state index contributed by atoms with van der Waals surface area (Å²) in [7, 11) is -0.795. The fourth-order valence-corrected chi connectivity index (χ4v) is 5.49. The summed E-state index contributed by atoms with van der Waals surface area (Å²) in [5.41, 5.74) is 2.10. The van der Waals surface area contributed by atoms with E-state index in [4.69, 9.17) is 11.6 Å². The minimum absolute atomic E-state index is 0.0459. The number of amides is 1. The molecule has 0 saturated heterocycles. The van der Waals surface area contributed by atoms with E-state index in [0.29, 0.717) is 16.4 Å². The molecule has 2 aromatic carbocycles. The van der Waals surface area contributed by atoms with Gasteiger partial charge in [-0.15, -0.1) is 11.3 Å². The summed E-state index contributed by atoms with van der Waals surface area (Å²) in [5, 5.41) is 8.91. The molecule has 0 aliphatic rings. The Kier molecular flexibility index (Phi) is 6.09. The van der Waals surface area contributed by atoms with Crippen LogP contribution in [0.25, 0.3) is 10.2 Å². The van der Waals surface area contributed by atoms with E-state index in [1.54, 1.807) is 24.3 Å². The van der Waals surface area contributed by atoms with Gasteiger partial charge >= 0.3 is 0 Å². The van der Waals surface area contributed by atoms with Crippen molar-refractivity contribution in [2.75, 3.05) is 19.4 Å². The lowest BCUT2D eigenvalue weighted by molar-refractivity contribution is 0.103. The van der Waals surface area contributed by atoms with Crippen LogP contribution in [0.2, 0.25) is 5.02 Å². The topological polar surface area (TPSA) is 84.3 Å². The smallest absolute Gasteiger partial charge is 0.265 e. The molecule has 0 bridgehead atoms. The molecule has 166 valence electrons. The third-order valence-electron chi connectivity index (χ3n) is 4.97. The van der Waals surface area contributed by atoms with Crippen molar-refractivity contribution in [2.45, 2.75) is 18.4 Å². The van der Waals surface area contributed by atoms with E-state index >= 15 is 0 Å². The number of rotatable bonds is 6. The van der Waals surface area contributed by atoms with E-state index in [2.05, 4.69) is 10.4 Å². The second-order valence-corrected chi connectivity index (χ2v) is 11.0. The molecule has 32 heavy (non-hydrogen) atoms. The Morgan fingerprint density at radius 1 is 1.16 bits per heavy atom. The normalized spacial score (nSPS) is 11.9. The van der Waals surface area contributed by atoms with Crippen LogP contribution in [0.3, 0.4) is 0 Å². The summed E-state index contributed by atoms with van der Waals surface area (Å²) >= 11 is 7.29. The van der Waals surface area contributed by atoms with Crippen LogP contribution in [-0.2, 0) is 16.6 Å². The van der Waals surface area contributed by atoms with Crippen molar-refractivity contribution in [1.82, 2.24) is 14.1 Å². The minimum Gasteiger partial charge on any atom is -0.320 e. The van der Waals surface area contributed by atoms with Crippen LogP contribution in [0.5, 0.6) is 0 Å². The summed E-state index contributed by atoms with van der Waals surface area (Å²) in [6.07, 6.45) is 0. The largest absolute Gasteiger partial charge is 0.320 e. The number of hydrogen-bond acceptors (Lipinski definition) is 5. The number of thiophene rings is 1. The minimum atomic E-state index is -3.70. The van der Waals surface area contributed by atoms with Crippen LogP contribution in [0, 0.1) is 6.92 Å². The van der Waals surface area contributed by atoms with E-state index in [1.165, 1.54) is 31.5 Å². The van der Waals surface area contributed by atoms with E-state index < -0.39 is 10.0 Å². The quantitative estimate of drug-likeness (QED) is 0.429. The highest BCUT2D eigenvalue weighted by Crippen LogP contribution is 2.30. The summed E-state index contributed by atoms with van der Waals surface area (Å²) in [6.45, 7) is 2.45. The zero-order valence-electron chi connectivity index (χ0n) is 17.7. The second-order valence-electron chi connectivity index (χ2n) is 7.44. The lowest BCUT2D eigenvalue weighted by Crippen LogP contribution is -2.24. The molecule has 10 heteroatoms. The van der Waals surface area contributed by atoms with Gasteiger partial charge in [-0.2, -0.15) is 5.10 Å². The van der Waals surface area contributed by atoms with Crippen LogP contribution in [0.4, 0.5) is 5.69 Å². The van der Waals surface area contributed by atoms with Crippen molar-refractivity contribution in [1.29, 1.82) is 0 Å². The maximum absolute atomic E-state index is 13.0. The van der Waals surface area contributed by atoms with Crippen molar-refractivity contribution >= 4 is 54.8 Å². The van der Waals surface area contributed by atoms with Gasteiger partial charge in [0, 0.05) is 24.5 Å². The van der Waals surface area contributed by atoms with Crippen molar-refractivity contribution in [3.8, 4) is 0 Å². The lowest BCUT2D eigenvalue weighted by Gasteiger charge is -2.15. The van der Waals surface area contributed by atoms with Gasteiger partial charge in [0.05, 0.1) is 22.8 Å². The molecule has 4 rings (SSSR count). The van der Waals surface area contributed by atoms with Gasteiger partial charge in [0.2, 0.25) is 10.0 Å². The highest BCUT2D eigenvalue weighted by atomic mass is 35.5. The number of carbonyl (C=O) groups is 1. The molecule has 2 aromatic heterocycles. The summed E-state index contributed by atoms with van der Waals surface area (Å²) in [6, 6.07) is 15.7. The molecular weight excluding hydrogens is 468 g/mol. The molecule has 4 aromatic rings. The average Bonchev–Trinajstić information content (AvgIpc) is 3.31. The maximum atomic E-state index is 13.0. The number of fused-ring (bicyclic) bond motifs is 1. The zero-order chi connectivity index (χ0) is 23.0. The highest BCUT2D eigenvalue weighted by Gasteiger charge is 2.23. The monoisotopic (exact) mass is 488 g/mol. The fourth-order valence-electron chi connectivity index (χ4n) is 3.27. The SMILES string of the molecule is Cc1nn(Cc2ccc(Cl)cc2)c2sc(C(=O)Nc3ccccc3S(=O)(=O)N(C)C)cc12. The molecule has 1 N–H and O–H groups in total. The predicted octanol–water partition coefficient (Wildman–Crippen LogP) is 4.61. The summed E-state index contributed by atoms with van der Waals surface area (Å²) in [4.78, 5) is 14.4. The fraction of sp³-hybridized carbons (Fsp3) is 0.182. The van der Waals surface area contributed by atoms with Gasteiger partial charge in [-0.05, 0) is 42.8 Å². The predicted molar refractivity (Wildman–Crippen MR) is 128 cm³/mol. The third-order valence-corrected chi connectivity index (χ3v) is 8.24. The molecule has 0 radical (unpaired) electrons. The standard InChI is InChI=1S/C22H21ClN4O3S2/c1-14-17-12-19(31-22(17)27(25-14)13-15-8-10-16(23)11-9-15)21(28)24-18-6-4-5-7-20(18)32(29,30)26(2)3/h4-12H,13H2,1-3H3,(H,24,28). The van der Waals surface area contributed by atoms with Gasteiger partial charge in [-0.25, -0.2) is 12.7 Å². The van der Waals surface area contributed by atoms with Gasteiger partial charge in [-0.3, -0.25) is 9.48 Å². The van der Waals surface area contributed by atoms with Gasteiger partial charge in [0.15, 0.2) is 0 Å². The Balaban J connectivity index is 1.64. The number of nitrogens with one attached hydrogen (secondary N) is 1. The van der Waals surface area contributed by atoms with Crippen LogP contribution in [0.1, 0.15) is 20.9 Å². The third kappa shape index (κ3) is 4.29. The van der Waals surface area contributed by atoms with Crippen molar-refractivity contribution in [3.05, 3.63) is 75.8 Å². The number of carbonyl (C=O) groups excluding carboxylic acids is 1. The Bertz CT molecular complexity index is 1410. The molecule has 2 heterocycles. The molecule has 0 fully saturated rings. The zero-order valence-corrected chi connectivity index (χ0v) is 20.1. The first-order chi connectivity index (χ1) is 15.2. The lowest BCUT2D eigenvalue weighted by atomic mass is 10.2. The van der Waals surface area contributed by atoms with E-state index in [-0.39, 0.29) is 16.5 Å². The number of hydrogen-bond donors (Lipinski definition) is 1. The number of benzene rings is 2.